The Labute approximate surface area is 258 Å². The largest absolute Gasteiger partial charge is 0.192 e. The van der Waals surface area contributed by atoms with Crippen LogP contribution in [0.4, 0.5) is 0 Å². The molecule has 0 aliphatic heterocycles. The van der Waals surface area contributed by atoms with Gasteiger partial charge in [-0.25, -0.2) is 0 Å². The van der Waals surface area contributed by atoms with Crippen LogP contribution < -0.4 is 0 Å². The highest BCUT2D eigenvalue weighted by molar-refractivity contribution is 9.11. The summed E-state index contributed by atoms with van der Waals surface area (Å²) in [5, 5.41) is 9.19. The normalized spacial score (nSPS) is 14.8. The molecule has 0 aromatic heterocycles. The van der Waals surface area contributed by atoms with Crippen molar-refractivity contribution < 1.29 is 0 Å². The summed E-state index contributed by atoms with van der Waals surface area (Å²) in [6.45, 7) is 9.07. The Hall–Kier alpha value is -2.19. The van der Waals surface area contributed by atoms with Crippen LogP contribution in [-0.4, -0.2) is 0 Å². The Kier molecular flexibility index (Phi) is 7.99. The van der Waals surface area contributed by atoms with E-state index in [1.807, 2.05) is 6.07 Å². The molecule has 0 radical (unpaired) electrons. The molecular weight excluding hydrogens is 674 g/mol. The first-order valence-corrected chi connectivity index (χ1v) is 16.1. The minimum Gasteiger partial charge on any atom is -0.192 e. The molecule has 6 rings (SSSR count). The van der Waals surface area contributed by atoms with Crippen LogP contribution >= 0.6 is 47.8 Å². The van der Waals surface area contributed by atoms with E-state index >= 15 is 0 Å². The summed E-state index contributed by atoms with van der Waals surface area (Å²) in [5.41, 5.74) is 12.0. The molecule has 0 saturated carbocycles. The fourth-order valence-electron chi connectivity index (χ4n) is 7.00. The molecule has 0 bridgehead atoms. The average molecular weight is 706 g/mol. The topological polar surface area (TPSA) is 23.8 Å². The van der Waals surface area contributed by atoms with Crippen LogP contribution in [0.1, 0.15) is 81.2 Å². The lowest BCUT2D eigenvalue weighted by molar-refractivity contribution is 0.490. The summed E-state index contributed by atoms with van der Waals surface area (Å²) in [6.07, 6.45) is 4.37. The maximum absolute atomic E-state index is 9.19. The molecule has 1 nitrogen and oxygen atoms in total. The third-order valence-corrected chi connectivity index (χ3v) is 10.6. The van der Waals surface area contributed by atoms with Gasteiger partial charge in [-0.2, -0.15) is 5.26 Å². The number of halogens is 3. The zero-order chi connectivity index (χ0) is 27.9. The van der Waals surface area contributed by atoms with Crippen molar-refractivity contribution in [2.45, 2.75) is 64.2 Å². The molecule has 2 aliphatic rings. The summed E-state index contributed by atoms with van der Waals surface area (Å²) >= 11 is 10.8. The van der Waals surface area contributed by atoms with Gasteiger partial charge < -0.3 is 0 Å². The Morgan fingerprint density at radius 3 is 1.13 bits per heavy atom. The quantitative estimate of drug-likeness (QED) is 0.207. The lowest BCUT2D eigenvalue weighted by Gasteiger charge is -2.29. The van der Waals surface area contributed by atoms with E-state index in [-0.39, 0.29) is 10.8 Å². The molecule has 0 saturated heterocycles. The van der Waals surface area contributed by atoms with E-state index in [4.69, 9.17) is 0 Å². The molecule has 0 unspecified atom stereocenters. The maximum Gasteiger partial charge on any atom is 0.0991 e. The second kappa shape index (κ2) is 11.0. The molecule has 0 amide bonds. The van der Waals surface area contributed by atoms with Crippen molar-refractivity contribution in [3.63, 3.8) is 0 Å². The number of fused-ring (bicyclic) bond motifs is 6. The Bertz CT molecular complexity index is 1550. The van der Waals surface area contributed by atoms with E-state index in [1.165, 1.54) is 53.5 Å². The first-order valence-electron chi connectivity index (χ1n) is 13.7. The summed E-state index contributed by atoms with van der Waals surface area (Å²) in [5.74, 6) is 0. The van der Waals surface area contributed by atoms with Gasteiger partial charge in [-0.15, -0.1) is 0 Å². The zero-order valence-corrected chi connectivity index (χ0v) is 27.6. The van der Waals surface area contributed by atoms with Crippen molar-refractivity contribution in [1.82, 2.24) is 0 Å². The minimum absolute atomic E-state index is 0.0430. The summed E-state index contributed by atoms with van der Waals surface area (Å²) in [6, 6.07) is 28.3. The minimum atomic E-state index is 0.0430. The van der Waals surface area contributed by atoms with Crippen LogP contribution in [0.3, 0.4) is 0 Å². The van der Waals surface area contributed by atoms with Gasteiger partial charge in [-0.3, -0.25) is 0 Å². The van der Waals surface area contributed by atoms with Crippen LogP contribution in [-0.2, 0) is 10.8 Å². The number of hydrogen-bond acceptors (Lipinski definition) is 1. The van der Waals surface area contributed by atoms with Gasteiger partial charge in [0.1, 0.15) is 0 Å². The van der Waals surface area contributed by atoms with E-state index in [9.17, 15) is 5.26 Å². The molecule has 0 spiro atoms. The van der Waals surface area contributed by atoms with Crippen LogP contribution in [0.15, 0.2) is 86.2 Å². The number of nitriles is 1. The van der Waals surface area contributed by atoms with Gasteiger partial charge in [0.2, 0.25) is 0 Å². The lowest BCUT2D eigenvalue weighted by Crippen LogP contribution is -2.23. The highest BCUT2D eigenvalue weighted by Gasteiger charge is 2.41. The van der Waals surface area contributed by atoms with Crippen LogP contribution in [0.2, 0.25) is 0 Å². The first-order chi connectivity index (χ1) is 18.8. The van der Waals surface area contributed by atoms with Gasteiger partial charge in [0, 0.05) is 24.2 Å². The van der Waals surface area contributed by atoms with Crippen molar-refractivity contribution in [1.29, 1.82) is 5.26 Å². The second-order valence-electron chi connectivity index (χ2n) is 10.5. The van der Waals surface area contributed by atoms with E-state index in [1.54, 1.807) is 0 Å². The molecule has 39 heavy (non-hydrogen) atoms. The van der Waals surface area contributed by atoms with Gasteiger partial charge in [-0.05, 0) is 119 Å². The van der Waals surface area contributed by atoms with Gasteiger partial charge in [0.15, 0.2) is 0 Å². The van der Waals surface area contributed by atoms with Crippen LogP contribution in [0.5, 0.6) is 0 Å². The van der Waals surface area contributed by atoms with Gasteiger partial charge in [0.25, 0.3) is 0 Å². The summed E-state index contributed by atoms with van der Waals surface area (Å²) < 4.78 is 3.46. The molecule has 0 atom stereocenters. The molecule has 4 heteroatoms. The molecule has 4 aromatic rings. The third kappa shape index (κ3) is 4.46. The highest BCUT2D eigenvalue weighted by atomic mass is 79.9. The van der Waals surface area contributed by atoms with Crippen molar-refractivity contribution in [2.24, 2.45) is 0 Å². The number of benzene rings is 4. The predicted octanol–water partition coefficient (Wildman–Crippen LogP) is 11.7. The monoisotopic (exact) mass is 703 g/mol. The fraction of sp³-hybridized carbons (Fsp3) is 0.286. The Morgan fingerprint density at radius 2 is 0.821 bits per heavy atom. The Morgan fingerprint density at radius 1 is 0.513 bits per heavy atom. The number of hydrogen-bond donors (Lipinski definition) is 0. The molecule has 198 valence electrons. The molecule has 0 heterocycles. The molecular formula is C35H32Br3N. The lowest BCUT2D eigenvalue weighted by atomic mass is 9.73. The number of nitrogens with zero attached hydrogens (tertiary/aromatic N) is 1. The average Bonchev–Trinajstić information content (AvgIpc) is 3.38. The van der Waals surface area contributed by atoms with E-state index < -0.39 is 0 Å². The van der Waals surface area contributed by atoms with Gasteiger partial charge in [0.05, 0.1) is 11.6 Å². The van der Waals surface area contributed by atoms with Crippen molar-refractivity contribution >= 4 is 47.8 Å². The molecule has 0 fully saturated rings. The van der Waals surface area contributed by atoms with E-state index in [0.717, 1.165) is 35.7 Å². The molecule has 2 aliphatic carbocycles. The Balaban J connectivity index is 0.000000158. The van der Waals surface area contributed by atoms with Crippen molar-refractivity contribution in [3.05, 3.63) is 114 Å². The van der Waals surface area contributed by atoms with Crippen LogP contribution in [0.25, 0.3) is 22.3 Å². The first kappa shape index (κ1) is 28.3. The van der Waals surface area contributed by atoms with Crippen molar-refractivity contribution in [2.75, 3.05) is 0 Å². The smallest absolute Gasteiger partial charge is 0.0991 e. The SMILES string of the molecule is CCC1(CC)c2cc(Br)ccc2-c2ccc(Br)cc21.CCC1(CC)c2cc(Br)ccc2-c2ccc(C#N)cc21. The van der Waals surface area contributed by atoms with Gasteiger partial charge >= 0.3 is 0 Å². The molecule has 4 aromatic carbocycles. The van der Waals surface area contributed by atoms with E-state index in [2.05, 4.69) is 148 Å². The third-order valence-electron chi connectivity index (χ3n) is 9.15. The van der Waals surface area contributed by atoms with E-state index in [0.29, 0.717) is 0 Å². The molecule has 0 N–H and O–H groups in total. The van der Waals surface area contributed by atoms with Crippen molar-refractivity contribution in [3.8, 4) is 28.3 Å². The second-order valence-corrected chi connectivity index (χ2v) is 13.3. The summed E-state index contributed by atoms with van der Waals surface area (Å²) in [7, 11) is 0. The number of rotatable bonds is 4. The van der Waals surface area contributed by atoms with Crippen LogP contribution in [0, 0.1) is 11.3 Å². The highest BCUT2D eigenvalue weighted by Crippen LogP contribution is 2.54. The van der Waals surface area contributed by atoms with Gasteiger partial charge in [-0.1, -0.05) is 99.8 Å². The standard InChI is InChI=1S/C18H16BrN.C17H16Br2/c1-3-18(4-2)16-9-12(11-20)5-7-14(16)15-8-6-13(19)10-17(15)18;1-3-17(4-2)15-9-11(18)5-7-13(15)14-8-6-12(19)10-16(14)17/h5-10H,3-4H2,1-2H3;5-10H,3-4H2,1-2H3. The maximum atomic E-state index is 9.19. The zero-order valence-electron chi connectivity index (χ0n) is 22.8. The fourth-order valence-corrected chi connectivity index (χ4v) is 8.08. The summed E-state index contributed by atoms with van der Waals surface area (Å²) in [4.78, 5) is 0. The predicted molar refractivity (Wildman–Crippen MR) is 174 cm³/mol.